The molecule has 0 radical (unpaired) electrons. The first-order valence-corrected chi connectivity index (χ1v) is 6.23. The summed E-state index contributed by atoms with van der Waals surface area (Å²) in [6, 6.07) is 0. The van der Waals surface area contributed by atoms with E-state index < -0.39 is 11.2 Å². The van der Waals surface area contributed by atoms with Crippen molar-refractivity contribution in [2.45, 2.75) is 6.92 Å². The van der Waals surface area contributed by atoms with Gasteiger partial charge >= 0.3 is 5.69 Å². The van der Waals surface area contributed by atoms with Crippen molar-refractivity contribution in [2.75, 3.05) is 0 Å². The molecule has 0 spiro atoms. The van der Waals surface area contributed by atoms with Gasteiger partial charge < -0.3 is 10.7 Å². The highest BCUT2D eigenvalue weighted by Crippen LogP contribution is 2.29. The van der Waals surface area contributed by atoms with Gasteiger partial charge in [-0.2, -0.15) is 0 Å². The number of aromatic nitrogens is 2. The van der Waals surface area contributed by atoms with Gasteiger partial charge in [-0.25, -0.2) is 4.79 Å². The molecule has 1 aliphatic rings. The lowest BCUT2D eigenvalue weighted by atomic mass is 9.81. The number of allylic oxidation sites excluding steroid dienone is 4. The maximum absolute atomic E-state index is 12.0. The van der Waals surface area contributed by atoms with E-state index in [9.17, 15) is 9.59 Å². The van der Waals surface area contributed by atoms with Gasteiger partial charge in [0.2, 0.25) is 0 Å². The Balaban J connectivity index is 2.72. The van der Waals surface area contributed by atoms with Crippen LogP contribution in [0.4, 0.5) is 0 Å². The predicted molar refractivity (Wildman–Crippen MR) is 80.1 cm³/mol. The molecule has 0 saturated carbocycles. The van der Waals surface area contributed by atoms with E-state index in [1.165, 1.54) is 0 Å². The fourth-order valence-electron chi connectivity index (χ4n) is 2.49. The molecule has 1 aromatic rings. The maximum atomic E-state index is 12.0. The summed E-state index contributed by atoms with van der Waals surface area (Å²) < 4.78 is 0. The van der Waals surface area contributed by atoms with Crippen LogP contribution < -0.4 is 27.6 Å². The Kier molecular flexibility index (Phi) is 3.61. The van der Waals surface area contributed by atoms with Crippen LogP contribution in [0.5, 0.6) is 0 Å². The Bertz CT molecular complexity index is 787. The van der Waals surface area contributed by atoms with Crippen LogP contribution in [0.1, 0.15) is 6.92 Å². The van der Waals surface area contributed by atoms with Gasteiger partial charge in [0.1, 0.15) is 0 Å². The standard InChI is InChI=1S/C15H17N3O2/c1-8(11-6-4-5-7-12(11)9(2)16)13-10(3)17-15(20)18-14(13)19/h4-7,11-12H,2-3,16H2,1H3,(H2,17,18,19,20)/b13-8-. The number of nitrogens with one attached hydrogen (secondary N) is 2. The molecule has 0 bridgehead atoms. The van der Waals surface area contributed by atoms with Gasteiger partial charge in [0.05, 0.1) is 5.22 Å². The number of rotatable bonds is 2. The average Bonchev–Trinajstić information content (AvgIpc) is 2.37. The summed E-state index contributed by atoms with van der Waals surface area (Å²) in [4.78, 5) is 27.9. The van der Waals surface area contributed by atoms with Crippen LogP contribution in [-0.4, -0.2) is 9.97 Å². The third-order valence-electron chi connectivity index (χ3n) is 3.48. The van der Waals surface area contributed by atoms with E-state index in [0.717, 1.165) is 5.57 Å². The highest BCUT2D eigenvalue weighted by molar-refractivity contribution is 5.51. The summed E-state index contributed by atoms with van der Waals surface area (Å²) in [5.41, 5.74) is 6.14. The molecule has 0 fully saturated rings. The molecule has 0 aliphatic heterocycles. The van der Waals surface area contributed by atoms with Crippen molar-refractivity contribution in [3.05, 3.63) is 68.0 Å². The molecule has 5 heteroatoms. The summed E-state index contributed by atoms with van der Waals surface area (Å²) in [7, 11) is 0. The normalized spacial score (nSPS) is 22.6. The Morgan fingerprint density at radius 3 is 2.35 bits per heavy atom. The Labute approximate surface area is 115 Å². The van der Waals surface area contributed by atoms with Crippen LogP contribution in [0.3, 0.4) is 0 Å². The van der Waals surface area contributed by atoms with E-state index >= 15 is 0 Å². The fraction of sp³-hybridized carbons (Fsp3) is 0.200. The number of aromatic amines is 2. The van der Waals surface area contributed by atoms with Crippen molar-refractivity contribution in [3.8, 4) is 0 Å². The minimum Gasteiger partial charge on any atom is -0.402 e. The van der Waals surface area contributed by atoms with Gasteiger partial charge in [-0.05, 0) is 6.92 Å². The zero-order valence-electron chi connectivity index (χ0n) is 11.3. The van der Waals surface area contributed by atoms with Crippen molar-refractivity contribution in [3.63, 3.8) is 0 Å². The van der Waals surface area contributed by atoms with Gasteiger partial charge in [-0.3, -0.25) is 9.78 Å². The number of hydrogen-bond acceptors (Lipinski definition) is 3. The lowest BCUT2D eigenvalue weighted by Crippen LogP contribution is -2.49. The quantitative estimate of drug-likeness (QED) is 0.675. The number of nitrogens with two attached hydrogens (primary N) is 1. The zero-order valence-corrected chi connectivity index (χ0v) is 11.3. The van der Waals surface area contributed by atoms with Gasteiger partial charge in [0.25, 0.3) is 5.56 Å². The predicted octanol–water partition coefficient (Wildman–Crippen LogP) is -0.525. The van der Waals surface area contributed by atoms with Crippen molar-refractivity contribution in [1.29, 1.82) is 0 Å². The number of H-pyrrole nitrogens is 2. The van der Waals surface area contributed by atoms with Crippen molar-refractivity contribution >= 4 is 12.2 Å². The maximum Gasteiger partial charge on any atom is 0.326 e. The molecule has 4 N–H and O–H groups in total. The summed E-state index contributed by atoms with van der Waals surface area (Å²) in [5.74, 6) is -0.157. The van der Waals surface area contributed by atoms with Crippen LogP contribution in [0.15, 0.2) is 46.2 Å². The molecule has 2 unspecified atom stereocenters. The van der Waals surface area contributed by atoms with Crippen LogP contribution in [0.25, 0.3) is 12.2 Å². The number of hydrogen-bond donors (Lipinski definition) is 3. The highest BCUT2D eigenvalue weighted by Gasteiger charge is 2.22. The second-order valence-corrected chi connectivity index (χ2v) is 4.84. The second kappa shape index (κ2) is 5.21. The molecule has 0 saturated heterocycles. The largest absolute Gasteiger partial charge is 0.402 e. The van der Waals surface area contributed by atoms with E-state index in [-0.39, 0.29) is 11.8 Å². The SMILES string of the molecule is C=C(N)C1C=CC=CC1/C(C)=c1/c(=C)[nH]c(=O)[nH]c1=O. The molecular formula is C15H17N3O2. The van der Waals surface area contributed by atoms with Crippen LogP contribution in [0, 0.1) is 11.8 Å². The van der Waals surface area contributed by atoms with Gasteiger partial charge in [-0.1, -0.05) is 43.0 Å². The van der Waals surface area contributed by atoms with Crippen LogP contribution in [0.2, 0.25) is 0 Å². The molecule has 104 valence electrons. The van der Waals surface area contributed by atoms with Crippen molar-refractivity contribution in [1.82, 2.24) is 9.97 Å². The van der Waals surface area contributed by atoms with E-state index in [0.29, 0.717) is 16.3 Å². The summed E-state index contributed by atoms with van der Waals surface area (Å²) in [5, 5.41) is 0.696. The third-order valence-corrected chi connectivity index (χ3v) is 3.48. The molecule has 0 amide bonds. The minimum absolute atomic E-state index is 0.0780. The Hall–Kier alpha value is -2.56. The third kappa shape index (κ3) is 2.42. The molecular weight excluding hydrogens is 254 g/mol. The topological polar surface area (TPSA) is 91.7 Å². The molecule has 5 nitrogen and oxygen atoms in total. The van der Waals surface area contributed by atoms with E-state index in [4.69, 9.17) is 5.73 Å². The van der Waals surface area contributed by atoms with Crippen molar-refractivity contribution < 1.29 is 0 Å². The van der Waals surface area contributed by atoms with Crippen molar-refractivity contribution in [2.24, 2.45) is 17.6 Å². The second-order valence-electron chi connectivity index (χ2n) is 4.84. The van der Waals surface area contributed by atoms with E-state index in [2.05, 4.69) is 23.1 Å². The van der Waals surface area contributed by atoms with Gasteiger partial charge in [0.15, 0.2) is 0 Å². The van der Waals surface area contributed by atoms with Crippen LogP contribution >= 0.6 is 0 Å². The van der Waals surface area contributed by atoms with Gasteiger partial charge in [-0.15, -0.1) is 0 Å². The lowest BCUT2D eigenvalue weighted by molar-refractivity contribution is 0.635. The molecule has 1 heterocycles. The lowest BCUT2D eigenvalue weighted by Gasteiger charge is -2.24. The molecule has 1 aromatic heterocycles. The highest BCUT2D eigenvalue weighted by atomic mass is 16.2. The monoisotopic (exact) mass is 271 g/mol. The van der Waals surface area contributed by atoms with Crippen LogP contribution in [-0.2, 0) is 0 Å². The summed E-state index contributed by atoms with van der Waals surface area (Å²) >= 11 is 0. The first-order valence-electron chi connectivity index (χ1n) is 6.23. The first-order chi connectivity index (χ1) is 9.41. The molecule has 2 atom stereocenters. The minimum atomic E-state index is -0.560. The Morgan fingerprint density at radius 1 is 1.20 bits per heavy atom. The van der Waals surface area contributed by atoms with E-state index in [1.54, 1.807) is 0 Å². The molecule has 0 aromatic carbocycles. The molecule has 2 rings (SSSR count). The Morgan fingerprint density at radius 2 is 1.80 bits per heavy atom. The van der Waals surface area contributed by atoms with E-state index in [1.807, 2.05) is 31.2 Å². The average molecular weight is 271 g/mol. The summed E-state index contributed by atoms with van der Waals surface area (Å²) in [6.07, 6.45) is 7.70. The first kappa shape index (κ1) is 13.9. The smallest absolute Gasteiger partial charge is 0.326 e. The molecule has 1 aliphatic carbocycles. The fourth-order valence-corrected chi connectivity index (χ4v) is 2.49. The van der Waals surface area contributed by atoms with Gasteiger partial charge in [0, 0.05) is 22.9 Å². The zero-order chi connectivity index (χ0) is 14.9. The molecule has 20 heavy (non-hydrogen) atoms. The summed E-state index contributed by atoms with van der Waals surface area (Å²) in [6.45, 7) is 9.35.